The van der Waals surface area contributed by atoms with E-state index in [1.54, 1.807) is 0 Å². The van der Waals surface area contributed by atoms with E-state index in [-0.39, 0.29) is 12.2 Å². The maximum atomic E-state index is 6.07. The molecular formula is C18H21NO. The van der Waals surface area contributed by atoms with E-state index >= 15 is 0 Å². The van der Waals surface area contributed by atoms with Crippen LogP contribution in [0.1, 0.15) is 25.5 Å². The highest BCUT2D eigenvalue weighted by Crippen LogP contribution is 2.26. The van der Waals surface area contributed by atoms with Crippen molar-refractivity contribution in [2.24, 2.45) is 0 Å². The molecule has 1 aliphatic heterocycles. The second-order valence-corrected chi connectivity index (χ2v) is 5.51. The zero-order valence-electron chi connectivity index (χ0n) is 12.0. The molecule has 0 amide bonds. The van der Waals surface area contributed by atoms with Crippen molar-refractivity contribution in [3.05, 3.63) is 60.2 Å². The first-order valence-corrected chi connectivity index (χ1v) is 7.28. The lowest BCUT2D eigenvalue weighted by atomic mass is 10.0. The van der Waals surface area contributed by atoms with Gasteiger partial charge in [0.1, 0.15) is 0 Å². The Morgan fingerprint density at radius 1 is 0.900 bits per heavy atom. The van der Waals surface area contributed by atoms with Crippen molar-refractivity contribution in [1.29, 1.82) is 0 Å². The van der Waals surface area contributed by atoms with Crippen LogP contribution in [0.4, 0.5) is 0 Å². The van der Waals surface area contributed by atoms with Gasteiger partial charge in [-0.1, -0.05) is 54.6 Å². The zero-order valence-corrected chi connectivity index (χ0v) is 12.0. The number of benzene rings is 2. The van der Waals surface area contributed by atoms with E-state index in [9.17, 15) is 0 Å². The Balaban J connectivity index is 1.77. The van der Waals surface area contributed by atoms with Gasteiger partial charge in [0.15, 0.2) is 0 Å². The van der Waals surface area contributed by atoms with Crippen LogP contribution in [0.25, 0.3) is 11.1 Å². The van der Waals surface area contributed by atoms with Crippen LogP contribution in [0.2, 0.25) is 0 Å². The second-order valence-electron chi connectivity index (χ2n) is 5.51. The standard InChI is InChI=1S/C18H21NO/c1-13-14(2)20-18(12-19-13)17-10-8-16(9-11-17)15-6-4-3-5-7-15/h3-11,13-14,18-19H,12H2,1-2H3. The van der Waals surface area contributed by atoms with Crippen LogP contribution in [-0.4, -0.2) is 18.7 Å². The maximum Gasteiger partial charge on any atom is 0.0953 e. The SMILES string of the molecule is CC1NCC(c2ccc(-c3ccccc3)cc2)OC1C. The summed E-state index contributed by atoms with van der Waals surface area (Å²) in [6.07, 6.45) is 0.411. The Kier molecular flexibility index (Phi) is 3.86. The van der Waals surface area contributed by atoms with Crippen molar-refractivity contribution < 1.29 is 4.74 Å². The number of hydrogen-bond donors (Lipinski definition) is 1. The second kappa shape index (κ2) is 5.78. The van der Waals surface area contributed by atoms with Crippen LogP contribution in [0.15, 0.2) is 54.6 Å². The fourth-order valence-corrected chi connectivity index (χ4v) is 2.60. The Hall–Kier alpha value is -1.64. The minimum absolute atomic E-state index is 0.158. The van der Waals surface area contributed by atoms with Gasteiger partial charge in [-0.15, -0.1) is 0 Å². The first-order chi connectivity index (χ1) is 9.74. The number of morpholine rings is 1. The van der Waals surface area contributed by atoms with Gasteiger partial charge in [-0.05, 0) is 30.5 Å². The van der Waals surface area contributed by atoms with E-state index in [2.05, 4.69) is 67.7 Å². The van der Waals surface area contributed by atoms with E-state index in [1.165, 1.54) is 16.7 Å². The lowest BCUT2D eigenvalue weighted by Gasteiger charge is -2.34. The minimum Gasteiger partial charge on any atom is -0.368 e. The van der Waals surface area contributed by atoms with Gasteiger partial charge in [0.2, 0.25) is 0 Å². The maximum absolute atomic E-state index is 6.07. The van der Waals surface area contributed by atoms with Gasteiger partial charge < -0.3 is 10.1 Å². The van der Waals surface area contributed by atoms with Gasteiger partial charge in [0.05, 0.1) is 12.2 Å². The van der Waals surface area contributed by atoms with Crippen LogP contribution in [-0.2, 0) is 4.74 Å². The van der Waals surface area contributed by atoms with E-state index in [0.29, 0.717) is 6.04 Å². The predicted molar refractivity (Wildman–Crippen MR) is 82.6 cm³/mol. The lowest BCUT2D eigenvalue weighted by Crippen LogP contribution is -2.46. The molecule has 0 bridgehead atoms. The molecule has 20 heavy (non-hydrogen) atoms. The average Bonchev–Trinajstić information content (AvgIpc) is 2.51. The van der Waals surface area contributed by atoms with Crippen LogP contribution in [0, 0.1) is 0 Å². The summed E-state index contributed by atoms with van der Waals surface area (Å²) in [5.74, 6) is 0. The number of hydrogen-bond acceptors (Lipinski definition) is 2. The molecule has 0 spiro atoms. The molecule has 1 saturated heterocycles. The summed E-state index contributed by atoms with van der Waals surface area (Å²) >= 11 is 0. The molecule has 1 fully saturated rings. The molecule has 1 aliphatic rings. The molecule has 0 aromatic heterocycles. The summed E-state index contributed by atoms with van der Waals surface area (Å²) in [4.78, 5) is 0. The average molecular weight is 267 g/mol. The van der Waals surface area contributed by atoms with Crippen molar-refractivity contribution >= 4 is 0 Å². The molecule has 0 saturated carbocycles. The molecule has 0 radical (unpaired) electrons. The first-order valence-electron chi connectivity index (χ1n) is 7.28. The molecule has 2 aromatic rings. The molecule has 0 aliphatic carbocycles. The highest BCUT2D eigenvalue weighted by atomic mass is 16.5. The van der Waals surface area contributed by atoms with Gasteiger partial charge in [0, 0.05) is 12.6 Å². The van der Waals surface area contributed by atoms with Crippen molar-refractivity contribution in [2.75, 3.05) is 6.54 Å². The lowest BCUT2D eigenvalue weighted by molar-refractivity contribution is -0.0508. The molecule has 3 atom stereocenters. The number of nitrogens with one attached hydrogen (secondary N) is 1. The minimum atomic E-state index is 0.158. The number of rotatable bonds is 2. The normalized spacial score (nSPS) is 26.4. The third-order valence-electron chi connectivity index (χ3n) is 4.10. The van der Waals surface area contributed by atoms with Crippen molar-refractivity contribution in [1.82, 2.24) is 5.32 Å². The zero-order chi connectivity index (χ0) is 13.9. The highest BCUT2D eigenvalue weighted by molar-refractivity contribution is 5.63. The Labute approximate surface area is 120 Å². The summed E-state index contributed by atoms with van der Waals surface area (Å²) in [7, 11) is 0. The van der Waals surface area contributed by atoms with E-state index in [0.717, 1.165) is 6.54 Å². The van der Waals surface area contributed by atoms with Crippen LogP contribution >= 0.6 is 0 Å². The summed E-state index contributed by atoms with van der Waals surface area (Å²) in [6.45, 7) is 5.18. The highest BCUT2D eigenvalue weighted by Gasteiger charge is 2.25. The topological polar surface area (TPSA) is 21.3 Å². The van der Waals surface area contributed by atoms with Crippen LogP contribution in [0.3, 0.4) is 0 Å². The molecular weight excluding hydrogens is 246 g/mol. The largest absolute Gasteiger partial charge is 0.368 e. The van der Waals surface area contributed by atoms with E-state index < -0.39 is 0 Å². The molecule has 2 nitrogen and oxygen atoms in total. The third kappa shape index (κ3) is 2.77. The molecule has 1 heterocycles. The van der Waals surface area contributed by atoms with Crippen molar-refractivity contribution in [2.45, 2.75) is 32.1 Å². The molecule has 3 rings (SSSR count). The summed E-state index contributed by atoms with van der Waals surface area (Å²) < 4.78 is 6.07. The molecule has 1 N–H and O–H groups in total. The monoisotopic (exact) mass is 267 g/mol. The van der Waals surface area contributed by atoms with Crippen LogP contribution in [0.5, 0.6) is 0 Å². The van der Waals surface area contributed by atoms with E-state index in [1.807, 2.05) is 6.07 Å². The third-order valence-corrected chi connectivity index (χ3v) is 4.10. The Bertz CT molecular complexity index is 549. The smallest absolute Gasteiger partial charge is 0.0953 e. The van der Waals surface area contributed by atoms with Crippen LogP contribution < -0.4 is 5.32 Å². The van der Waals surface area contributed by atoms with Crippen molar-refractivity contribution in [3.63, 3.8) is 0 Å². The summed E-state index contributed by atoms with van der Waals surface area (Å²) in [5.41, 5.74) is 3.75. The van der Waals surface area contributed by atoms with Gasteiger partial charge in [0.25, 0.3) is 0 Å². The summed E-state index contributed by atoms with van der Waals surface area (Å²) in [5, 5.41) is 3.50. The van der Waals surface area contributed by atoms with E-state index in [4.69, 9.17) is 4.74 Å². The number of ether oxygens (including phenoxy) is 1. The molecule has 2 heteroatoms. The Morgan fingerprint density at radius 2 is 1.55 bits per heavy atom. The van der Waals surface area contributed by atoms with Crippen molar-refractivity contribution in [3.8, 4) is 11.1 Å². The van der Waals surface area contributed by atoms with Gasteiger partial charge >= 0.3 is 0 Å². The first kappa shape index (κ1) is 13.3. The Morgan fingerprint density at radius 3 is 2.20 bits per heavy atom. The fraction of sp³-hybridized carbons (Fsp3) is 0.333. The molecule has 104 valence electrons. The quantitative estimate of drug-likeness (QED) is 0.893. The van der Waals surface area contributed by atoms with Gasteiger partial charge in [-0.2, -0.15) is 0 Å². The predicted octanol–water partition coefficient (Wildman–Crippen LogP) is 3.79. The summed E-state index contributed by atoms with van der Waals surface area (Å²) in [6, 6.07) is 19.6. The van der Waals surface area contributed by atoms with Gasteiger partial charge in [-0.3, -0.25) is 0 Å². The molecule has 2 aromatic carbocycles. The molecule has 3 unspecified atom stereocenters. The van der Waals surface area contributed by atoms with Gasteiger partial charge in [-0.25, -0.2) is 0 Å². The fourth-order valence-electron chi connectivity index (χ4n) is 2.60.